The van der Waals surface area contributed by atoms with Crippen molar-refractivity contribution in [2.45, 2.75) is 18.9 Å². The molecule has 8 heteroatoms. The maximum atomic E-state index is 12.7. The summed E-state index contributed by atoms with van der Waals surface area (Å²) >= 11 is 0. The van der Waals surface area contributed by atoms with Gasteiger partial charge in [-0.05, 0) is 47.5 Å². The average molecular weight is 357 g/mol. The Bertz CT molecular complexity index is 791. The summed E-state index contributed by atoms with van der Waals surface area (Å²) in [6.07, 6.45) is 0.229. The van der Waals surface area contributed by atoms with E-state index in [0.29, 0.717) is 17.5 Å². The number of likely N-dealkylation sites (tertiary alicyclic amines) is 1. The minimum absolute atomic E-state index is 0.129. The summed E-state index contributed by atoms with van der Waals surface area (Å²) in [6, 6.07) is 6.50. The fourth-order valence-corrected chi connectivity index (χ4v) is 4.62. The smallest absolute Gasteiger partial charge is 0.487 e. The van der Waals surface area contributed by atoms with Crippen molar-refractivity contribution in [1.82, 2.24) is 4.90 Å². The maximum Gasteiger partial charge on any atom is 0.487 e. The SMILES string of the molecule is CN1C(=O)[C@H]2[C@H](CC(CO)=C3B(O)O[C@H](c4ccc(O)cc4)C[C@H]32)C1=O. The van der Waals surface area contributed by atoms with E-state index < -0.39 is 25.1 Å². The number of phenolic OH excluding ortho intramolecular Hbond substituents is 1. The highest BCUT2D eigenvalue weighted by Gasteiger charge is 2.56. The lowest BCUT2D eigenvalue weighted by atomic mass is 9.55. The zero-order valence-electron chi connectivity index (χ0n) is 14.3. The van der Waals surface area contributed by atoms with Gasteiger partial charge in [-0.15, -0.1) is 0 Å². The molecule has 0 aromatic heterocycles. The fourth-order valence-electron chi connectivity index (χ4n) is 4.62. The van der Waals surface area contributed by atoms with Crippen LogP contribution in [0.4, 0.5) is 0 Å². The second kappa shape index (κ2) is 6.23. The Balaban J connectivity index is 1.73. The number of benzene rings is 1. The molecule has 1 aromatic carbocycles. The van der Waals surface area contributed by atoms with Crippen molar-refractivity contribution in [1.29, 1.82) is 0 Å². The van der Waals surface area contributed by atoms with Crippen LogP contribution >= 0.6 is 0 Å². The van der Waals surface area contributed by atoms with Crippen LogP contribution in [0.3, 0.4) is 0 Å². The Morgan fingerprint density at radius 2 is 1.88 bits per heavy atom. The predicted octanol–water partition coefficient (Wildman–Crippen LogP) is 0.413. The summed E-state index contributed by atoms with van der Waals surface area (Å²) in [4.78, 5) is 26.3. The molecule has 0 bridgehead atoms. The van der Waals surface area contributed by atoms with Gasteiger partial charge < -0.3 is 19.9 Å². The molecule has 2 heterocycles. The maximum absolute atomic E-state index is 12.7. The van der Waals surface area contributed by atoms with E-state index >= 15 is 0 Å². The number of aliphatic hydroxyl groups excluding tert-OH is 1. The second-order valence-corrected chi connectivity index (χ2v) is 7.20. The normalized spacial score (nSPS) is 31.3. The third-order valence-corrected chi connectivity index (χ3v) is 5.89. The molecule has 26 heavy (non-hydrogen) atoms. The van der Waals surface area contributed by atoms with Crippen LogP contribution in [0.15, 0.2) is 35.3 Å². The first-order valence-corrected chi connectivity index (χ1v) is 8.69. The lowest BCUT2D eigenvalue weighted by molar-refractivity contribution is -0.138. The van der Waals surface area contributed by atoms with Crippen LogP contribution in [0.5, 0.6) is 5.75 Å². The number of aliphatic hydroxyl groups is 1. The number of amides is 2. The highest BCUT2D eigenvalue weighted by Crippen LogP contribution is 2.50. The molecule has 2 amide bonds. The Morgan fingerprint density at radius 3 is 2.54 bits per heavy atom. The Labute approximate surface area is 151 Å². The third kappa shape index (κ3) is 2.48. The number of allylic oxidation sites excluding steroid dienone is 1. The van der Waals surface area contributed by atoms with E-state index in [-0.39, 0.29) is 36.5 Å². The molecule has 3 N–H and O–H groups in total. The van der Waals surface area contributed by atoms with E-state index in [2.05, 4.69) is 0 Å². The minimum Gasteiger partial charge on any atom is -0.508 e. The third-order valence-electron chi connectivity index (χ3n) is 5.89. The van der Waals surface area contributed by atoms with Gasteiger partial charge in [-0.3, -0.25) is 14.5 Å². The van der Waals surface area contributed by atoms with Gasteiger partial charge in [0.1, 0.15) is 5.75 Å². The van der Waals surface area contributed by atoms with Crippen molar-refractivity contribution in [3.63, 3.8) is 0 Å². The molecule has 1 aliphatic carbocycles. The molecule has 3 aliphatic rings. The van der Waals surface area contributed by atoms with Crippen LogP contribution in [0, 0.1) is 17.8 Å². The van der Waals surface area contributed by atoms with Crippen molar-refractivity contribution in [3.05, 3.63) is 40.9 Å². The second-order valence-electron chi connectivity index (χ2n) is 7.20. The zero-order chi connectivity index (χ0) is 18.6. The Hall–Kier alpha value is -2.16. The number of nitrogens with zero attached hydrogens (tertiary/aromatic N) is 1. The van der Waals surface area contributed by atoms with E-state index in [1.165, 1.54) is 19.2 Å². The number of phenols is 1. The van der Waals surface area contributed by atoms with Gasteiger partial charge in [0.05, 0.1) is 24.5 Å². The quantitative estimate of drug-likeness (QED) is 0.523. The lowest BCUT2D eigenvalue weighted by Crippen LogP contribution is -2.45. The molecule has 2 aliphatic heterocycles. The average Bonchev–Trinajstić information content (AvgIpc) is 2.85. The minimum atomic E-state index is -1.23. The van der Waals surface area contributed by atoms with Crippen molar-refractivity contribution >= 4 is 18.9 Å². The van der Waals surface area contributed by atoms with Gasteiger partial charge in [0.2, 0.25) is 11.8 Å². The molecule has 4 rings (SSSR count). The van der Waals surface area contributed by atoms with Crippen molar-refractivity contribution in [2.75, 3.05) is 13.7 Å². The molecule has 0 radical (unpaired) electrons. The number of hydrogen-bond donors (Lipinski definition) is 3. The Morgan fingerprint density at radius 1 is 1.19 bits per heavy atom. The number of aromatic hydroxyl groups is 1. The molecule has 1 aromatic rings. The van der Waals surface area contributed by atoms with Crippen molar-refractivity contribution in [2.24, 2.45) is 17.8 Å². The van der Waals surface area contributed by atoms with Gasteiger partial charge in [-0.25, -0.2) is 0 Å². The van der Waals surface area contributed by atoms with Crippen molar-refractivity contribution in [3.8, 4) is 5.75 Å². The molecule has 0 unspecified atom stereocenters. The summed E-state index contributed by atoms with van der Waals surface area (Å²) in [5.74, 6) is -1.72. The van der Waals surface area contributed by atoms with Crippen LogP contribution in [-0.4, -0.2) is 52.7 Å². The van der Waals surface area contributed by atoms with Crippen LogP contribution in [0.25, 0.3) is 0 Å². The van der Waals surface area contributed by atoms with Gasteiger partial charge in [-0.2, -0.15) is 0 Å². The first-order valence-electron chi connectivity index (χ1n) is 8.69. The van der Waals surface area contributed by atoms with E-state index in [1.807, 2.05) is 0 Å². The highest BCUT2D eigenvalue weighted by atomic mass is 16.5. The lowest BCUT2D eigenvalue weighted by Gasteiger charge is -2.41. The summed E-state index contributed by atoms with van der Waals surface area (Å²) in [5, 5.41) is 29.8. The van der Waals surface area contributed by atoms with Gasteiger partial charge in [0.15, 0.2) is 0 Å². The molecule has 136 valence electrons. The molecule has 4 atom stereocenters. The van der Waals surface area contributed by atoms with Crippen LogP contribution in [-0.2, 0) is 14.2 Å². The molecular weight excluding hydrogens is 337 g/mol. The summed E-state index contributed by atoms with van der Waals surface area (Å²) in [5.41, 5.74) is 1.91. The number of imide groups is 1. The first-order chi connectivity index (χ1) is 12.4. The Kier molecular flexibility index (Phi) is 4.14. The fraction of sp³-hybridized carbons (Fsp3) is 0.444. The van der Waals surface area contributed by atoms with E-state index in [1.54, 1.807) is 12.1 Å². The number of fused-ring (bicyclic) bond motifs is 3. The number of carbonyl (C=O) groups excluding carboxylic acids is 2. The van der Waals surface area contributed by atoms with Gasteiger partial charge >= 0.3 is 7.12 Å². The first kappa shape index (κ1) is 17.3. The van der Waals surface area contributed by atoms with E-state index in [0.717, 1.165) is 10.5 Å². The highest BCUT2D eigenvalue weighted by molar-refractivity contribution is 6.53. The molecule has 0 spiro atoms. The van der Waals surface area contributed by atoms with E-state index in [9.17, 15) is 24.8 Å². The standard InChI is InChI=1S/C18H20BNO6/c1-20-17(23)13-6-10(8-21)16-12(15(13)18(20)24)7-14(26-19(16)25)9-2-4-11(22)5-3-9/h2-5,12-15,21-22,25H,6-8H2,1H3/t12-,13-,14-,15+/m0/s1. The van der Waals surface area contributed by atoms with E-state index in [4.69, 9.17) is 4.65 Å². The predicted molar refractivity (Wildman–Crippen MR) is 91.5 cm³/mol. The number of rotatable bonds is 2. The van der Waals surface area contributed by atoms with Gasteiger partial charge in [0, 0.05) is 7.05 Å². The zero-order valence-corrected chi connectivity index (χ0v) is 14.3. The molecular formula is C18H20BNO6. The molecule has 0 saturated carbocycles. The topological polar surface area (TPSA) is 107 Å². The monoisotopic (exact) mass is 357 g/mol. The van der Waals surface area contributed by atoms with Crippen LogP contribution in [0.1, 0.15) is 24.5 Å². The largest absolute Gasteiger partial charge is 0.508 e. The molecule has 7 nitrogen and oxygen atoms in total. The molecule has 2 saturated heterocycles. The van der Waals surface area contributed by atoms with Gasteiger partial charge in [-0.1, -0.05) is 12.1 Å². The van der Waals surface area contributed by atoms with Crippen LogP contribution < -0.4 is 0 Å². The summed E-state index contributed by atoms with van der Waals surface area (Å²) in [6.45, 7) is -0.273. The number of carbonyl (C=O) groups is 2. The van der Waals surface area contributed by atoms with Gasteiger partial charge in [0.25, 0.3) is 0 Å². The summed E-state index contributed by atoms with van der Waals surface area (Å²) in [7, 11) is 0.249. The number of hydrogen-bond acceptors (Lipinski definition) is 6. The van der Waals surface area contributed by atoms with Crippen molar-refractivity contribution < 1.29 is 29.5 Å². The summed E-state index contributed by atoms with van der Waals surface area (Å²) < 4.78 is 5.75. The molecule has 2 fully saturated rings. The van der Waals surface area contributed by atoms with Crippen LogP contribution in [0.2, 0.25) is 0 Å².